The molecule has 43 heavy (non-hydrogen) atoms. The van der Waals surface area contributed by atoms with Gasteiger partial charge in [-0.3, -0.25) is 4.79 Å². The molecule has 1 amide bonds. The average molecular weight is 591 g/mol. The van der Waals surface area contributed by atoms with Gasteiger partial charge in [-0.2, -0.15) is 0 Å². The summed E-state index contributed by atoms with van der Waals surface area (Å²) in [6.45, 7) is 6.74. The minimum atomic E-state index is 0.0618. The van der Waals surface area contributed by atoms with Crippen LogP contribution in [0.4, 0.5) is 0 Å². The van der Waals surface area contributed by atoms with Gasteiger partial charge in [0.1, 0.15) is 23.9 Å². The summed E-state index contributed by atoms with van der Waals surface area (Å²) < 4.78 is 29.6. The summed E-state index contributed by atoms with van der Waals surface area (Å²) in [5, 5.41) is 3.47. The van der Waals surface area contributed by atoms with Crippen molar-refractivity contribution in [2.45, 2.75) is 44.8 Å². The summed E-state index contributed by atoms with van der Waals surface area (Å²) in [6.07, 6.45) is 2.65. The quantitative estimate of drug-likeness (QED) is 0.215. The number of nitrogens with one attached hydrogen (secondary N) is 1. The number of hydrogen-bond donors (Lipinski definition) is 1. The number of amides is 1. The first-order chi connectivity index (χ1) is 21.0. The van der Waals surface area contributed by atoms with Crippen molar-refractivity contribution < 1.29 is 28.5 Å². The van der Waals surface area contributed by atoms with Crippen LogP contribution in [0, 0.1) is 0 Å². The fraction of sp³-hybridized carbons (Fsp3) is 0.457. The van der Waals surface area contributed by atoms with Crippen LogP contribution in [-0.4, -0.2) is 77.1 Å². The van der Waals surface area contributed by atoms with Gasteiger partial charge in [-0.15, -0.1) is 0 Å². The van der Waals surface area contributed by atoms with Gasteiger partial charge >= 0.3 is 0 Å². The molecule has 0 aliphatic carbocycles. The molecular weight excluding hydrogens is 544 g/mol. The summed E-state index contributed by atoms with van der Waals surface area (Å²) >= 11 is 0. The molecule has 1 heterocycles. The lowest BCUT2D eigenvalue weighted by molar-refractivity contribution is -0.127. The largest absolute Gasteiger partial charge is 0.496 e. The van der Waals surface area contributed by atoms with Crippen LogP contribution in [0.25, 0.3) is 0 Å². The zero-order valence-corrected chi connectivity index (χ0v) is 25.8. The number of hydrogen-bond acceptors (Lipinski definition) is 7. The predicted octanol–water partition coefficient (Wildman–Crippen LogP) is 5.24. The van der Waals surface area contributed by atoms with Crippen molar-refractivity contribution in [1.82, 2.24) is 10.2 Å². The molecule has 1 aliphatic rings. The van der Waals surface area contributed by atoms with Gasteiger partial charge in [0.2, 0.25) is 5.91 Å². The smallest absolute Gasteiger partial charge is 0.219 e. The second-order valence-electron chi connectivity index (χ2n) is 10.8. The first kappa shape index (κ1) is 32.3. The van der Waals surface area contributed by atoms with Crippen LogP contribution in [0.3, 0.4) is 0 Å². The first-order valence-corrected chi connectivity index (χ1v) is 15.2. The highest BCUT2D eigenvalue weighted by atomic mass is 16.5. The van der Waals surface area contributed by atoms with Crippen molar-refractivity contribution >= 4 is 5.91 Å². The lowest BCUT2D eigenvalue weighted by atomic mass is 9.88. The summed E-state index contributed by atoms with van der Waals surface area (Å²) in [7, 11) is 3.49. The first-order valence-electron chi connectivity index (χ1n) is 15.2. The molecule has 3 aromatic carbocycles. The molecule has 4 rings (SSSR count). The summed E-state index contributed by atoms with van der Waals surface area (Å²) in [5.74, 6) is 2.93. The van der Waals surface area contributed by atoms with Gasteiger partial charge < -0.3 is 33.9 Å². The number of carbonyl (C=O) groups is 1. The zero-order valence-electron chi connectivity index (χ0n) is 25.8. The van der Waals surface area contributed by atoms with Crippen molar-refractivity contribution in [1.29, 1.82) is 0 Å². The van der Waals surface area contributed by atoms with Crippen molar-refractivity contribution in [2.24, 2.45) is 0 Å². The van der Waals surface area contributed by atoms with E-state index in [9.17, 15) is 4.79 Å². The topological polar surface area (TPSA) is 78.5 Å². The average Bonchev–Trinajstić information content (AvgIpc) is 3.04. The number of carbonyl (C=O) groups excluding carboxylic acids is 1. The predicted molar refractivity (Wildman–Crippen MR) is 168 cm³/mol. The van der Waals surface area contributed by atoms with E-state index in [1.54, 1.807) is 18.9 Å². The third-order valence-electron chi connectivity index (χ3n) is 7.79. The van der Waals surface area contributed by atoms with Crippen LogP contribution in [0.5, 0.6) is 17.2 Å². The van der Waals surface area contributed by atoms with E-state index in [2.05, 4.69) is 23.5 Å². The Kier molecular flexibility index (Phi) is 13.2. The Hall–Kier alpha value is -3.59. The van der Waals surface area contributed by atoms with Crippen molar-refractivity contribution in [2.75, 3.05) is 60.2 Å². The zero-order chi connectivity index (χ0) is 30.3. The molecule has 1 N–H and O–H groups in total. The van der Waals surface area contributed by atoms with Gasteiger partial charge in [-0.05, 0) is 54.8 Å². The molecule has 0 radical (unpaired) electrons. The van der Waals surface area contributed by atoms with E-state index < -0.39 is 0 Å². The number of nitrogens with zero attached hydrogens (tertiary/aromatic N) is 1. The standard InChI is InChI=1S/C35H46N2O6/c1-27(38)37(2)20-18-29-9-4-7-12-34(29)42-23-24-43-35-25-36-19-17-32(35)28-13-15-31(16-14-28)41-22-8-21-40-26-30-10-5-6-11-33(30)39-3/h4-7,9-16,32,35-36H,8,17-26H2,1-3H3/t32-,35+/m1/s1. The van der Waals surface area contributed by atoms with E-state index in [0.717, 1.165) is 60.7 Å². The summed E-state index contributed by atoms with van der Waals surface area (Å²) in [6, 6.07) is 24.3. The number of likely N-dealkylation sites (N-methyl/N-ethyl adjacent to an activating group) is 1. The van der Waals surface area contributed by atoms with E-state index in [1.165, 1.54) is 5.56 Å². The number of benzene rings is 3. The molecule has 1 saturated heterocycles. The molecule has 8 heteroatoms. The normalized spacial score (nSPS) is 16.4. The third-order valence-corrected chi connectivity index (χ3v) is 7.79. The molecule has 2 atom stereocenters. The van der Waals surface area contributed by atoms with Crippen LogP contribution >= 0.6 is 0 Å². The summed E-state index contributed by atoms with van der Waals surface area (Å²) in [4.78, 5) is 13.3. The Balaban J connectivity index is 1.17. The van der Waals surface area contributed by atoms with Crippen molar-refractivity contribution in [3.8, 4) is 17.2 Å². The van der Waals surface area contributed by atoms with Gasteiger partial charge in [0.25, 0.3) is 0 Å². The molecule has 0 bridgehead atoms. The SMILES string of the molecule is COc1ccccc1COCCCOc1ccc([C@H]2CCNC[C@@H]2OCCOc2ccccc2CCN(C)C(C)=O)cc1. The van der Waals surface area contributed by atoms with E-state index in [0.29, 0.717) is 45.5 Å². The highest BCUT2D eigenvalue weighted by Gasteiger charge is 2.27. The number of rotatable bonds is 17. The molecule has 232 valence electrons. The van der Waals surface area contributed by atoms with Crippen LogP contribution in [0.15, 0.2) is 72.8 Å². The number of piperidine rings is 1. The second kappa shape index (κ2) is 17.5. The maximum atomic E-state index is 11.5. The van der Waals surface area contributed by atoms with Crippen LogP contribution in [-0.2, 0) is 27.3 Å². The van der Waals surface area contributed by atoms with Crippen LogP contribution in [0.1, 0.15) is 42.4 Å². The number of para-hydroxylation sites is 2. The molecule has 1 aliphatic heterocycles. The van der Waals surface area contributed by atoms with E-state index in [-0.39, 0.29) is 12.0 Å². The Morgan fingerprint density at radius 1 is 0.884 bits per heavy atom. The fourth-order valence-corrected chi connectivity index (χ4v) is 5.20. The van der Waals surface area contributed by atoms with Crippen LogP contribution in [0.2, 0.25) is 0 Å². The monoisotopic (exact) mass is 590 g/mol. The van der Waals surface area contributed by atoms with E-state index in [4.69, 9.17) is 23.7 Å². The molecule has 0 spiro atoms. The highest BCUT2D eigenvalue weighted by molar-refractivity contribution is 5.72. The second-order valence-corrected chi connectivity index (χ2v) is 10.8. The van der Waals surface area contributed by atoms with Gasteiger partial charge in [0.15, 0.2) is 0 Å². The Bertz CT molecular complexity index is 1250. The van der Waals surface area contributed by atoms with Gasteiger partial charge in [-0.25, -0.2) is 0 Å². The fourth-order valence-electron chi connectivity index (χ4n) is 5.20. The molecule has 0 saturated carbocycles. The molecular formula is C35H46N2O6. The van der Waals surface area contributed by atoms with Crippen molar-refractivity contribution in [3.05, 3.63) is 89.5 Å². The maximum absolute atomic E-state index is 11.5. The Morgan fingerprint density at radius 3 is 2.40 bits per heavy atom. The maximum Gasteiger partial charge on any atom is 0.219 e. The third kappa shape index (κ3) is 10.3. The van der Waals surface area contributed by atoms with Crippen molar-refractivity contribution in [3.63, 3.8) is 0 Å². The molecule has 0 unspecified atom stereocenters. The van der Waals surface area contributed by atoms with E-state index >= 15 is 0 Å². The van der Waals surface area contributed by atoms with Gasteiger partial charge in [0, 0.05) is 45.0 Å². The lowest BCUT2D eigenvalue weighted by Crippen LogP contribution is -2.41. The Labute approximate surface area is 256 Å². The van der Waals surface area contributed by atoms with E-state index in [1.807, 2.05) is 61.6 Å². The highest BCUT2D eigenvalue weighted by Crippen LogP contribution is 2.29. The number of methoxy groups -OCH3 is 1. The lowest BCUT2D eigenvalue weighted by Gasteiger charge is -2.32. The molecule has 8 nitrogen and oxygen atoms in total. The van der Waals surface area contributed by atoms with Crippen LogP contribution < -0.4 is 19.5 Å². The van der Waals surface area contributed by atoms with Gasteiger partial charge in [0.05, 0.1) is 39.6 Å². The molecule has 1 fully saturated rings. The Morgan fingerprint density at radius 2 is 1.63 bits per heavy atom. The minimum absolute atomic E-state index is 0.0618. The molecule has 3 aromatic rings. The minimum Gasteiger partial charge on any atom is -0.496 e. The van der Waals surface area contributed by atoms with Gasteiger partial charge in [-0.1, -0.05) is 48.5 Å². The summed E-state index contributed by atoms with van der Waals surface area (Å²) in [5.41, 5.74) is 3.40. The number of ether oxygens (including phenoxy) is 5. The molecule has 0 aromatic heterocycles.